The van der Waals surface area contributed by atoms with E-state index in [0.717, 1.165) is 6.07 Å². The fourth-order valence-electron chi connectivity index (χ4n) is 3.65. The average Bonchev–Trinajstić information content (AvgIpc) is 2.80. The van der Waals surface area contributed by atoms with Crippen molar-refractivity contribution in [3.8, 4) is 0 Å². The topological polar surface area (TPSA) is 69.7 Å². The van der Waals surface area contributed by atoms with E-state index >= 15 is 0 Å². The predicted molar refractivity (Wildman–Crippen MR) is 128 cm³/mol. The Morgan fingerprint density at radius 1 is 0.882 bits per heavy atom. The van der Waals surface area contributed by atoms with Crippen molar-refractivity contribution in [3.05, 3.63) is 87.9 Å². The first-order valence-electron chi connectivity index (χ1n) is 10.2. The molecule has 6 nitrogen and oxygen atoms in total. The largest absolute Gasteiger partial charge is 0.367 e. The second-order valence-electron chi connectivity index (χ2n) is 7.56. The number of benzene rings is 3. The Kier molecular flexibility index (Phi) is 7.09. The molecule has 11 heteroatoms. The van der Waals surface area contributed by atoms with Crippen molar-refractivity contribution in [2.75, 3.05) is 36.4 Å². The van der Waals surface area contributed by atoms with E-state index in [-0.39, 0.29) is 40.1 Å². The van der Waals surface area contributed by atoms with E-state index in [2.05, 4.69) is 5.32 Å². The van der Waals surface area contributed by atoms with Gasteiger partial charge in [-0.3, -0.25) is 4.79 Å². The third kappa shape index (κ3) is 5.02. The van der Waals surface area contributed by atoms with Crippen molar-refractivity contribution in [2.24, 2.45) is 0 Å². The molecular formula is C23H19Cl2F2N3O3S. The smallest absolute Gasteiger partial charge is 0.257 e. The minimum absolute atomic E-state index is 0.0925. The van der Waals surface area contributed by atoms with E-state index in [1.165, 1.54) is 40.7 Å². The monoisotopic (exact) mass is 525 g/mol. The number of amides is 1. The fraction of sp³-hybridized carbons (Fsp3) is 0.174. The average molecular weight is 526 g/mol. The van der Waals surface area contributed by atoms with Gasteiger partial charge in [-0.15, -0.1) is 0 Å². The maximum absolute atomic E-state index is 14.7. The molecule has 1 saturated heterocycles. The molecule has 0 saturated carbocycles. The molecule has 0 aromatic heterocycles. The number of nitrogens with zero attached hydrogens (tertiary/aromatic N) is 2. The lowest BCUT2D eigenvalue weighted by molar-refractivity contribution is 0.102. The predicted octanol–water partition coefficient (Wildman–Crippen LogP) is 5.03. The molecule has 4 rings (SSSR count). The van der Waals surface area contributed by atoms with Crippen LogP contribution in [0.1, 0.15) is 10.4 Å². The van der Waals surface area contributed by atoms with E-state index < -0.39 is 21.7 Å². The highest BCUT2D eigenvalue weighted by atomic mass is 35.5. The molecule has 0 aliphatic carbocycles. The number of sulfonamides is 1. The van der Waals surface area contributed by atoms with E-state index in [4.69, 9.17) is 23.2 Å². The van der Waals surface area contributed by atoms with Gasteiger partial charge in [0, 0.05) is 31.2 Å². The second kappa shape index (κ2) is 9.87. The molecule has 1 aliphatic heterocycles. The van der Waals surface area contributed by atoms with E-state index in [9.17, 15) is 22.0 Å². The molecule has 178 valence electrons. The summed E-state index contributed by atoms with van der Waals surface area (Å²) >= 11 is 11.8. The Morgan fingerprint density at radius 2 is 1.59 bits per heavy atom. The number of anilines is 2. The Bertz CT molecular complexity index is 1350. The third-order valence-corrected chi connectivity index (χ3v) is 7.88. The van der Waals surface area contributed by atoms with Crippen LogP contribution in [0.2, 0.25) is 10.0 Å². The molecule has 1 heterocycles. The number of para-hydroxylation sites is 1. The highest BCUT2D eigenvalue weighted by Crippen LogP contribution is 2.27. The molecule has 0 atom stereocenters. The number of hydrogen-bond donors (Lipinski definition) is 1. The second-order valence-corrected chi connectivity index (χ2v) is 10.3. The van der Waals surface area contributed by atoms with Crippen LogP contribution in [0.3, 0.4) is 0 Å². The van der Waals surface area contributed by atoms with E-state index in [1.54, 1.807) is 23.1 Å². The highest BCUT2D eigenvalue weighted by Gasteiger charge is 2.30. The summed E-state index contributed by atoms with van der Waals surface area (Å²) in [5.74, 6) is -1.96. The molecule has 3 aromatic rings. The molecule has 0 bridgehead atoms. The molecule has 0 spiro atoms. The lowest BCUT2D eigenvalue weighted by Gasteiger charge is -2.35. The maximum Gasteiger partial charge on any atom is 0.257 e. The van der Waals surface area contributed by atoms with Crippen LogP contribution in [0, 0.1) is 11.6 Å². The van der Waals surface area contributed by atoms with Crippen LogP contribution < -0.4 is 10.2 Å². The Labute approximate surface area is 205 Å². The number of rotatable bonds is 5. The molecule has 3 aromatic carbocycles. The van der Waals surface area contributed by atoms with Crippen LogP contribution >= 0.6 is 23.2 Å². The molecule has 1 fully saturated rings. The summed E-state index contributed by atoms with van der Waals surface area (Å²) in [5.41, 5.74) is 0.306. The Balaban J connectivity index is 1.46. The van der Waals surface area contributed by atoms with Crippen molar-refractivity contribution >= 4 is 50.5 Å². The van der Waals surface area contributed by atoms with Crippen molar-refractivity contribution in [2.45, 2.75) is 4.90 Å². The molecule has 1 aliphatic rings. The summed E-state index contributed by atoms with van der Waals surface area (Å²) in [7, 11) is -3.98. The third-order valence-electron chi connectivity index (χ3n) is 5.43. The molecular weight excluding hydrogens is 507 g/mol. The number of nitrogens with one attached hydrogen (secondary N) is 1. The van der Waals surface area contributed by atoms with Gasteiger partial charge in [-0.1, -0.05) is 35.3 Å². The zero-order valence-electron chi connectivity index (χ0n) is 17.6. The van der Waals surface area contributed by atoms with Crippen LogP contribution in [0.15, 0.2) is 65.6 Å². The minimum atomic E-state index is -3.98. The van der Waals surface area contributed by atoms with E-state index in [1.807, 2.05) is 0 Å². The lowest BCUT2D eigenvalue weighted by atomic mass is 10.2. The normalized spacial score (nSPS) is 14.8. The number of halogens is 4. The van der Waals surface area contributed by atoms with Gasteiger partial charge in [-0.25, -0.2) is 17.2 Å². The Morgan fingerprint density at radius 3 is 2.24 bits per heavy atom. The van der Waals surface area contributed by atoms with E-state index in [0.29, 0.717) is 23.8 Å². The van der Waals surface area contributed by atoms with Crippen molar-refractivity contribution in [3.63, 3.8) is 0 Å². The van der Waals surface area contributed by atoms with Gasteiger partial charge < -0.3 is 10.2 Å². The quantitative estimate of drug-likeness (QED) is 0.506. The summed E-state index contributed by atoms with van der Waals surface area (Å²) in [6.07, 6.45) is 0. The Hall–Kier alpha value is -2.72. The first-order valence-corrected chi connectivity index (χ1v) is 12.4. The zero-order valence-corrected chi connectivity index (χ0v) is 20.0. The number of carbonyl (C=O) groups is 1. The minimum Gasteiger partial charge on any atom is -0.367 e. The fourth-order valence-corrected chi connectivity index (χ4v) is 5.58. The number of carbonyl (C=O) groups excluding carboxylic acids is 1. The SMILES string of the molecule is O=C(Nc1ccc(S(=O)(=O)N2CCN(c3ccccc3F)CC2)cc1F)c1ccc(Cl)cc1Cl. The zero-order chi connectivity index (χ0) is 24.5. The van der Waals surface area contributed by atoms with Crippen LogP contribution in [-0.2, 0) is 10.0 Å². The van der Waals surface area contributed by atoms with Crippen LogP contribution in [0.5, 0.6) is 0 Å². The summed E-state index contributed by atoms with van der Waals surface area (Å²) in [6, 6.07) is 13.8. The first-order chi connectivity index (χ1) is 16.2. The maximum atomic E-state index is 14.7. The summed E-state index contributed by atoms with van der Waals surface area (Å²) in [4.78, 5) is 14.0. The van der Waals surface area contributed by atoms with Gasteiger partial charge in [-0.2, -0.15) is 4.31 Å². The van der Waals surface area contributed by atoms with Gasteiger partial charge in [0.25, 0.3) is 5.91 Å². The summed E-state index contributed by atoms with van der Waals surface area (Å²) in [5, 5.41) is 2.82. The number of hydrogen-bond acceptors (Lipinski definition) is 4. The van der Waals surface area contributed by atoms with Gasteiger partial charge in [0.15, 0.2) is 0 Å². The van der Waals surface area contributed by atoms with Crippen molar-refractivity contribution < 1.29 is 22.0 Å². The van der Waals surface area contributed by atoms with Gasteiger partial charge in [0.1, 0.15) is 11.6 Å². The summed E-state index contributed by atoms with van der Waals surface area (Å²) in [6.45, 7) is 0.814. The molecule has 1 N–H and O–H groups in total. The molecule has 0 radical (unpaired) electrons. The van der Waals surface area contributed by atoms with Gasteiger partial charge in [0.05, 0.1) is 26.9 Å². The summed E-state index contributed by atoms with van der Waals surface area (Å²) < 4.78 is 56.0. The highest BCUT2D eigenvalue weighted by molar-refractivity contribution is 7.89. The number of piperazine rings is 1. The van der Waals surface area contributed by atoms with Gasteiger partial charge >= 0.3 is 0 Å². The van der Waals surface area contributed by atoms with Crippen LogP contribution in [0.25, 0.3) is 0 Å². The van der Waals surface area contributed by atoms with Crippen LogP contribution in [0.4, 0.5) is 20.2 Å². The van der Waals surface area contributed by atoms with Crippen LogP contribution in [-0.4, -0.2) is 44.8 Å². The molecule has 1 amide bonds. The standard InChI is InChI=1S/C23H19Cl2F2N3O3S/c24-15-5-7-17(18(25)13-15)23(31)28-21-8-6-16(14-20(21)27)34(32,33)30-11-9-29(10-12-30)22-4-2-1-3-19(22)26/h1-8,13-14H,9-12H2,(H,28,31). The molecule has 34 heavy (non-hydrogen) atoms. The van der Waals surface area contributed by atoms with Crippen molar-refractivity contribution in [1.82, 2.24) is 4.31 Å². The first kappa shape index (κ1) is 24.4. The lowest BCUT2D eigenvalue weighted by Crippen LogP contribution is -2.48. The van der Waals surface area contributed by atoms with Gasteiger partial charge in [0.2, 0.25) is 10.0 Å². The van der Waals surface area contributed by atoms with Crippen molar-refractivity contribution in [1.29, 1.82) is 0 Å². The molecule has 0 unspecified atom stereocenters. The van der Waals surface area contributed by atoms with Gasteiger partial charge in [-0.05, 0) is 48.5 Å².